The normalized spacial score (nSPS) is 15.6. The Morgan fingerprint density at radius 3 is 2.40 bits per heavy atom. The first-order chi connectivity index (χ1) is 11.7. The number of hydrogen-bond acceptors (Lipinski definition) is 7. The summed E-state index contributed by atoms with van der Waals surface area (Å²) in [5, 5.41) is 0.303. The summed E-state index contributed by atoms with van der Waals surface area (Å²) in [6.07, 6.45) is 1.05. The average molecular weight is 385 g/mol. The summed E-state index contributed by atoms with van der Waals surface area (Å²) in [5.41, 5.74) is 0.432. The molecular formula is C15H18Cl2N6O2. The predicted molar refractivity (Wildman–Crippen MR) is 95.2 cm³/mol. The molecule has 0 atom stereocenters. The number of aromatic nitrogens is 4. The van der Waals surface area contributed by atoms with Gasteiger partial charge in [-0.25, -0.2) is 19.7 Å². The zero-order valence-corrected chi connectivity index (χ0v) is 15.7. The zero-order chi connectivity index (χ0) is 18.2. The van der Waals surface area contributed by atoms with Crippen LogP contribution in [0.25, 0.3) is 11.0 Å². The molecule has 0 aliphatic carbocycles. The SMILES string of the molecule is CC(C)(C)OC(=O)N1CCN(c2nc(Cl)nc3c(Cl)ncnc23)CC1. The van der Waals surface area contributed by atoms with Crippen LogP contribution in [-0.4, -0.2) is 62.7 Å². The van der Waals surface area contributed by atoms with Gasteiger partial charge in [-0.3, -0.25) is 0 Å². The number of piperazine rings is 1. The van der Waals surface area contributed by atoms with Gasteiger partial charge in [-0.1, -0.05) is 11.6 Å². The molecule has 0 N–H and O–H groups in total. The van der Waals surface area contributed by atoms with Gasteiger partial charge in [0.25, 0.3) is 0 Å². The quantitative estimate of drug-likeness (QED) is 0.551. The van der Waals surface area contributed by atoms with E-state index in [1.54, 1.807) is 4.90 Å². The summed E-state index contributed by atoms with van der Waals surface area (Å²) in [6.45, 7) is 7.71. The molecule has 0 aromatic carbocycles. The zero-order valence-electron chi connectivity index (χ0n) is 14.2. The Hall–Kier alpha value is -1.93. The fourth-order valence-corrected chi connectivity index (χ4v) is 2.87. The molecule has 0 unspecified atom stereocenters. The number of amides is 1. The molecule has 3 rings (SSSR count). The van der Waals surface area contributed by atoms with Crippen LogP contribution in [0.4, 0.5) is 10.6 Å². The third-order valence-electron chi connectivity index (χ3n) is 3.62. The van der Waals surface area contributed by atoms with E-state index in [1.165, 1.54) is 6.33 Å². The Kier molecular flexibility index (Phi) is 4.83. The summed E-state index contributed by atoms with van der Waals surface area (Å²) in [5.74, 6) is 0.586. The molecule has 1 fully saturated rings. The number of rotatable bonds is 1. The molecule has 134 valence electrons. The van der Waals surface area contributed by atoms with Crippen LogP contribution in [0.15, 0.2) is 6.33 Å². The lowest BCUT2D eigenvalue weighted by atomic mass is 10.2. The first kappa shape index (κ1) is 17.9. The van der Waals surface area contributed by atoms with Crippen LogP contribution in [0, 0.1) is 0 Å². The Morgan fingerprint density at radius 1 is 1.08 bits per heavy atom. The minimum absolute atomic E-state index is 0.0776. The van der Waals surface area contributed by atoms with Crippen molar-refractivity contribution in [3.8, 4) is 0 Å². The first-order valence-electron chi connectivity index (χ1n) is 7.81. The van der Waals surface area contributed by atoms with E-state index in [9.17, 15) is 4.79 Å². The van der Waals surface area contributed by atoms with Gasteiger partial charge in [0.2, 0.25) is 5.28 Å². The second-order valence-corrected chi connectivity index (χ2v) is 7.33. The standard InChI is InChI=1S/C15H18Cl2N6O2/c1-15(2,3)25-14(24)23-6-4-22(5-7-23)12-10-9(20-13(17)21-12)11(16)19-8-18-10/h8H,4-7H2,1-3H3. The fraction of sp³-hybridized carbons (Fsp3) is 0.533. The summed E-state index contributed by atoms with van der Waals surface area (Å²) in [4.78, 5) is 32.4. The van der Waals surface area contributed by atoms with Crippen LogP contribution in [-0.2, 0) is 4.74 Å². The molecule has 25 heavy (non-hydrogen) atoms. The van der Waals surface area contributed by atoms with Crippen LogP contribution in [0.3, 0.4) is 0 Å². The highest BCUT2D eigenvalue weighted by Gasteiger charge is 2.27. The molecule has 1 aliphatic heterocycles. The largest absolute Gasteiger partial charge is 0.444 e. The molecule has 10 heteroatoms. The van der Waals surface area contributed by atoms with Gasteiger partial charge in [0.05, 0.1) is 0 Å². The molecule has 3 heterocycles. The van der Waals surface area contributed by atoms with E-state index in [2.05, 4.69) is 19.9 Å². The molecule has 0 bridgehead atoms. The smallest absolute Gasteiger partial charge is 0.410 e. The molecule has 2 aromatic heterocycles. The van der Waals surface area contributed by atoms with Crippen molar-refractivity contribution in [1.29, 1.82) is 0 Å². The van der Waals surface area contributed by atoms with E-state index in [1.807, 2.05) is 25.7 Å². The lowest BCUT2D eigenvalue weighted by Gasteiger charge is -2.36. The minimum Gasteiger partial charge on any atom is -0.444 e. The summed E-state index contributed by atoms with van der Waals surface area (Å²) >= 11 is 12.1. The molecule has 1 saturated heterocycles. The van der Waals surface area contributed by atoms with Gasteiger partial charge in [-0.2, -0.15) is 4.98 Å². The second kappa shape index (κ2) is 6.76. The van der Waals surface area contributed by atoms with Crippen molar-refractivity contribution >= 4 is 46.1 Å². The van der Waals surface area contributed by atoms with Crippen LogP contribution in [0.2, 0.25) is 10.4 Å². The number of hydrogen-bond donors (Lipinski definition) is 0. The highest BCUT2D eigenvalue weighted by Crippen LogP contribution is 2.27. The van der Waals surface area contributed by atoms with Crippen LogP contribution in [0.5, 0.6) is 0 Å². The Balaban J connectivity index is 1.79. The van der Waals surface area contributed by atoms with Crippen molar-refractivity contribution in [2.45, 2.75) is 26.4 Å². The summed E-state index contributed by atoms with van der Waals surface area (Å²) in [7, 11) is 0. The molecule has 0 radical (unpaired) electrons. The average Bonchev–Trinajstić information content (AvgIpc) is 2.54. The number of nitrogens with zero attached hydrogens (tertiary/aromatic N) is 6. The van der Waals surface area contributed by atoms with Gasteiger partial charge in [0.1, 0.15) is 23.0 Å². The van der Waals surface area contributed by atoms with Crippen LogP contribution < -0.4 is 4.90 Å². The van der Waals surface area contributed by atoms with Crippen molar-refractivity contribution in [2.24, 2.45) is 0 Å². The topological polar surface area (TPSA) is 84.3 Å². The Bertz CT molecular complexity index is 802. The highest BCUT2D eigenvalue weighted by atomic mass is 35.5. The molecule has 1 amide bonds. The molecule has 1 aliphatic rings. The van der Waals surface area contributed by atoms with E-state index >= 15 is 0 Å². The monoisotopic (exact) mass is 384 g/mol. The van der Waals surface area contributed by atoms with Crippen molar-refractivity contribution in [2.75, 3.05) is 31.1 Å². The number of anilines is 1. The first-order valence-corrected chi connectivity index (χ1v) is 8.57. The molecular weight excluding hydrogens is 367 g/mol. The van der Waals surface area contributed by atoms with Gasteiger partial charge >= 0.3 is 6.09 Å². The lowest BCUT2D eigenvalue weighted by molar-refractivity contribution is 0.0240. The van der Waals surface area contributed by atoms with E-state index in [4.69, 9.17) is 27.9 Å². The van der Waals surface area contributed by atoms with Gasteiger partial charge in [-0.05, 0) is 32.4 Å². The maximum atomic E-state index is 12.2. The summed E-state index contributed by atoms with van der Waals surface area (Å²) < 4.78 is 5.41. The van der Waals surface area contributed by atoms with Crippen molar-refractivity contribution < 1.29 is 9.53 Å². The predicted octanol–water partition coefficient (Wildman–Crippen LogP) is 2.78. The molecule has 0 spiro atoms. The van der Waals surface area contributed by atoms with Crippen LogP contribution in [0.1, 0.15) is 20.8 Å². The van der Waals surface area contributed by atoms with Crippen molar-refractivity contribution in [3.05, 3.63) is 16.8 Å². The third kappa shape index (κ3) is 4.01. The summed E-state index contributed by atoms with van der Waals surface area (Å²) in [6, 6.07) is 0. The second-order valence-electron chi connectivity index (χ2n) is 6.63. The van der Waals surface area contributed by atoms with Gasteiger partial charge in [0.15, 0.2) is 11.0 Å². The third-order valence-corrected chi connectivity index (χ3v) is 4.07. The Labute approximate surface area is 155 Å². The maximum absolute atomic E-state index is 12.2. The lowest BCUT2D eigenvalue weighted by Crippen LogP contribution is -2.50. The van der Waals surface area contributed by atoms with Crippen molar-refractivity contribution in [1.82, 2.24) is 24.8 Å². The number of carbonyl (C=O) groups excluding carboxylic acids is 1. The molecule has 2 aromatic rings. The maximum Gasteiger partial charge on any atom is 0.410 e. The Morgan fingerprint density at radius 2 is 1.76 bits per heavy atom. The van der Waals surface area contributed by atoms with E-state index in [-0.39, 0.29) is 16.5 Å². The van der Waals surface area contributed by atoms with E-state index in [0.717, 1.165) is 0 Å². The minimum atomic E-state index is -0.516. The number of carbonyl (C=O) groups is 1. The van der Waals surface area contributed by atoms with Crippen LogP contribution >= 0.6 is 23.2 Å². The van der Waals surface area contributed by atoms with Gasteiger partial charge in [0, 0.05) is 26.2 Å². The molecule has 8 nitrogen and oxygen atoms in total. The fourth-order valence-electron chi connectivity index (χ4n) is 2.53. The molecule has 0 saturated carbocycles. The highest BCUT2D eigenvalue weighted by molar-refractivity contribution is 6.34. The number of fused-ring (bicyclic) bond motifs is 1. The van der Waals surface area contributed by atoms with Gasteiger partial charge < -0.3 is 14.5 Å². The van der Waals surface area contributed by atoms with E-state index < -0.39 is 5.60 Å². The van der Waals surface area contributed by atoms with E-state index in [0.29, 0.717) is 43.0 Å². The number of halogens is 2. The number of ether oxygens (including phenoxy) is 1. The van der Waals surface area contributed by atoms with Gasteiger partial charge in [-0.15, -0.1) is 0 Å². The van der Waals surface area contributed by atoms with Crippen molar-refractivity contribution in [3.63, 3.8) is 0 Å².